The molecule has 2 aliphatic rings. The number of nitrogens with one attached hydrogen (secondary N) is 1. The summed E-state index contributed by atoms with van der Waals surface area (Å²) < 4.78 is 14.5. The molecule has 1 unspecified atom stereocenters. The minimum Gasteiger partial charge on any atom is -0.490 e. The number of nitrogens with zero attached hydrogens (tertiary/aromatic N) is 2. The van der Waals surface area contributed by atoms with Gasteiger partial charge in [0.2, 0.25) is 5.91 Å². The maximum atomic E-state index is 12.6. The molecular weight excluding hydrogens is 450 g/mol. The van der Waals surface area contributed by atoms with Crippen molar-refractivity contribution in [1.82, 2.24) is 15.1 Å². The number of aryl methyl sites for hydroxylation is 3. The molecule has 5 rings (SSSR count). The molecule has 0 saturated heterocycles. The van der Waals surface area contributed by atoms with E-state index in [0.29, 0.717) is 6.42 Å². The molecule has 6 nitrogen and oxygen atoms in total. The third-order valence-corrected chi connectivity index (χ3v) is 7.75. The number of hydrogen-bond donors (Lipinski definition) is 1. The van der Waals surface area contributed by atoms with Gasteiger partial charge in [-0.05, 0) is 93.7 Å². The van der Waals surface area contributed by atoms with Crippen LogP contribution in [0.4, 0.5) is 0 Å². The van der Waals surface area contributed by atoms with Crippen LogP contribution in [0, 0.1) is 13.8 Å². The molecule has 6 heteroatoms. The first-order valence-corrected chi connectivity index (χ1v) is 13.3. The standard InChI is InChI=1S/C30H37N3O3/c1-20-27(21(2)33(3)32-20)15-18-30(34)31-24-10-12-25(13-11-24)35-26-14-17-29-23(19-26)9-16-28(36-29)22-7-5-4-6-8-22/h4-8,14,17,19,24-25,28H,9-13,15-16,18H2,1-3H3,(H,31,34)/t24-,25-,28?. The molecule has 36 heavy (non-hydrogen) atoms. The van der Waals surface area contributed by atoms with Crippen molar-refractivity contribution in [3.8, 4) is 11.5 Å². The molecule has 1 fully saturated rings. The lowest BCUT2D eigenvalue weighted by Crippen LogP contribution is -2.39. The van der Waals surface area contributed by atoms with Crippen LogP contribution >= 0.6 is 0 Å². The summed E-state index contributed by atoms with van der Waals surface area (Å²) >= 11 is 0. The second-order valence-electron chi connectivity index (χ2n) is 10.3. The Morgan fingerprint density at radius 2 is 1.86 bits per heavy atom. The van der Waals surface area contributed by atoms with Gasteiger partial charge in [0.05, 0.1) is 11.8 Å². The lowest BCUT2D eigenvalue weighted by atomic mass is 9.92. The predicted octanol–water partition coefficient (Wildman–Crippen LogP) is 5.54. The fourth-order valence-electron chi connectivity index (χ4n) is 5.58. The number of ether oxygens (including phenoxy) is 2. The predicted molar refractivity (Wildman–Crippen MR) is 140 cm³/mol. The summed E-state index contributed by atoms with van der Waals surface area (Å²) in [7, 11) is 1.95. The van der Waals surface area contributed by atoms with Crippen molar-refractivity contribution < 1.29 is 14.3 Å². The van der Waals surface area contributed by atoms with Gasteiger partial charge in [-0.3, -0.25) is 9.48 Å². The van der Waals surface area contributed by atoms with Crippen LogP contribution in [-0.4, -0.2) is 27.8 Å². The van der Waals surface area contributed by atoms with Gasteiger partial charge in [0.1, 0.15) is 17.6 Å². The van der Waals surface area contributed by atoms with Gasteiger partial charge in [0.25, 0.3) is 0 Å². The van der Waals surface area contributed by atoms with E-state index < -0.39 is 0 Å². The number of rotatable bonds is 7. The Morgan fingerprint density at radius 3 is 2.58 bits per heavy atom. The fourth-order valence-corrected chi connectivity index (χ4v) is 5.58. The van der Waals surface area contributed by atoms with Gasteiger partial charge in [0, 0.05) is 25.2 Å². The first kappa shape index (κ1) is 24.4. The molecule has 0 spiro atoms. The Balaban J connectivity index is 1.07. The van der Waals surface area contributed by atoms with E-state index in [0.717, 1.165) is 67.8 Å². The van der Waals surface area contributed by atoms with Crippen molar-refractivity contribution in [3.63, 3.8) is 0 Å². The maximum Gasteiger partial charge on any atom is 0.220 e. The highest BCUT2D eigenvalue weighted by molar-refractivity contribution is 5.76. The second-order valence-corrected chi connectivity index (χ2v) is 10.3. The first-order chi connectivity index (χ1) is 17.5. The third kappa shape index (κ3) is 5.58. The van der Waals surface area contributed by atoms with Crippen molar-refractivity contribution in [2.75, 3.05) is 0 Å². The van der Waals surface area contributed by atoms with Crippen LogP contribution in [-0.2, 0) is 24.7 Å². The largest absolute Gasteiger partial charge is 0.490 e. The highest BCUT2D eigenvalue weighted by Crippen LogP contribution is 2.37. The zero-order valence-electron chi connectivity index (χ0n) is 21.6. The molecule has 1 saturated carbocycles. The topological polar surface area (TPSA) is 65.4 Å². The number of carbonyl (C=O) groups excluding carboxylic acids is 1. The highest BCUT2D eigenvalue weighted by atomic mass is 16.5. The molecule has 3 aromatic rings. The second kappa shape index (κ2) is 10.8. The third-order valence-electron chi connectivity index (χ3n) is 7.75. The summed E-state index contributed by atoms with van der Waals surface area (Å²) in [6.07, 6.45) is 7.34. The summed E-state index contributed by atoms with van der Waals surface area (Å²) in [5.74, 6) is 2.02. The monoisotopic (exact) mass is 487 g/mol. The smallest absolute Gasteiger partial charge is 0.220 e. The fraction of sp³-hybridized carbons (Fsp3) is 0.467. The molecule has 1 N–H and O–H groups in total. The summed E-state index contributed by atoms with van der Waals surface area (Å²) in [4.78, 5) is 12.6. The van der Waals surface area contributed by atoms with Crippen LogP contribution in [0.25, 0.3) is 0 Å². The minimum atomic E-state index is 0.119. The Labute approximate surface area is 214 Å². The molecule has 1 aliphatic heterocycles. The molecular formula is C30H37N3O3. The van der Waals surface area contributed by atoms with E-state index in [1.807, 2.05) is 30.8 Å². The van der Waals surface area contributed by atoms with Gasteiger partial charge in [0.15, 0.2) is 0 Å². The Morgan fingerprint density at radius 1 is 1.08 bits per heavy atom. The van der Waals surface area contributed by atoms with Gasteiger partial charge < -0.3 is 14.8 Å². The number of benzene rings is 2. The van der Waals surface area contributed by atoms with Crippen LogP contribution in [0.2, 0.25) is 0 Å². The van der Waals surface area contributed by atoms with E-state index in [4.69, 9.17) is 9.47 Å². The summed E-state index contributed by atoms with van der Waals surface area (Å²) in [5.41, 5.74) is 5.80. The minimum absolute atomic E-state index is 0.119. The number of aromatic nitrogens is 2. The van der Waals surface area contributed by atoms with Crippen molar-refractivity contribution in [3.05, 3.63) is 76.6 Å². The molecule has 190 valence electrons. The average molecular weight is 488 g/mol. The number of carbonyl (C=O) groups is 1. The SMILES string of the molecule is Cc1nn(C)c(C)c1CCC(=O)N[C@H]1CC[C@H](Oc2ccc3c(c2)CCC(c2ccccc2)O3)CC1. The van der Waals surface area contributed by atoms with Crippen LogP contribution in [0.5, 0.6) is 11.5 Å². The van der Waals surface area contributed by atoms with Crippen molar-refractivity contribution in [2.45, 2.75) is 83.5 Å². The molecule has 0 radical (unpaired) electrons. The van der Waals surface area contributed by atoms with Crippen molar-refractivity contribution in [2.24, 2.45) is 7.05 Å². The quantitative estimate of drug-likeness (QED) is 0.475. The number of amides is 1. The molecule has 1 aliphatic carbocycles. The first-order valence-electron chi connectivity index (χ1n) is 13.3. The lowest BCUT2D eigenvalue weighted by Gasteiger charge is -2.30. The Hall–Kier alpha value is -3.28. The van der Waals surface area contributed by atoms with Crippen molar-refractivity contribution >= 4 is 5.91 Å². The molecule has 1 atom stereocenters. The lowest BCUT2D eigenvalue weighted by molar-refractivity contribution is -0.122. The van der Waals surface area contributed by atoms with Gasteiger partial charge in [-0.1, -0.05) is 30.3 Å². The Bertz CT molecular complexity index is 1200. The normalized spacial score (nSPS) is 21.4. The molecule has 0 bridgehead atoms. The van der Waals surface area contributed by atoms with E-state index in [1.54, 1.807) is 0 Å². The van der Waals surface area contributed by atoms with Crippen LogP contribution in [0.3, 0.4) is 0 Å². The summed E-state index contributed by atoms with van der Waals surface area (Å²) in [6, 6.07) is 16.9. The van der Waals surface area contributed by atoms with Gasteiger partial charge in [-0.2, -0.15) is 5.10 Å². The van der Waals surface area contributed by atoms with Crippen molar-refractivity contribution in [1.29, 1.82) is 0 Å². The van der Waals surface area contributed by atoms with Gasteiger partial charge in [-0.15, -0.1) is 0 Å². The summed E-state index contributed by atoms with van der Waals surface area (Å²) in [5, 5.41) is 7.69. The van der Waals surface area contributed by atoms with E-state index in [2.05, 4.69) is 53.7 Å². The number of fused-ring (bicyclic) bond motifs is 1. The zero-order chi connectivity index (χ0) is 25.1. The van der Waals surface area contributed by atoms with Gasteiger partial charge in [-0.25, -0.2) is 0 Å². The van der Waals surface area contributed by atoms with Crippen LogP contribution in [0.15, 0.2) is 48.5 Å². The van der Waals surface area contributed by atoms with Crippen LogP contribution < -0.4 is 14.8 Å². The molecule has 2 aromatic carbocycles. The highest BCUT2D eigenvalue weighted by Gasteiger charge is 2.25. The molecule has 1 aromatic heterocycles. The van der Waals surface area contributed by atoms with Crippen LogP contribution in [0.1, 0.15) is 72.7 Å². The Kier molecular flexibility index (Phi) is 7.30. The molecule has 2 heterocycles. The average Bonchev–Trinajstić information content (AvgIpc) is 3.14. The summed E-state index contributed by atoms with van der Waals surface area (Å²) in [6.45, 7) is 4.07. The van der Waals surface area contributed by atoms with E-state index >= 15 is 0 Å². The van der Waals surface area contributed by atoms with E-state index in [-0.39, 0.29) is 24.2 Å². The van der Waals surface area contributed by atoms with Gasteiger partial charge >= 0.3 is 0 Å². The van der Waals surface area contributed by atoms with E-state index in [1.165, 1.54) is 16.7 Å². The van der Waals surface area contributed by atoms with E-state index in [9.17, 15) is 4.79 Å². The zero-order valence-corrected chi connectivity index (χ0v) is 21.6. The number of hydrogen-bond acceptors (Lipinski definition) is 4. The maximum absolute atomic E-state index is 12.6. The molecule has 1 amide bonds.